The van der Waals surface area contributed by atoms with Gasteiger partial charge < -0.3 is 10.2 Å². The number of hydrogen-bond donors (Lipinski definition) is 2. The predicted molar refractivity (Wildman–Crippen MR) is 120 cm³/mol. The van der Waals surface area contributed by atoms with Crippen LogP contribution in [0.4, 0.5) is 0 Å². The molecule has 0 spiro atoms. The molecule has 2 N–H and O–H groups in total. The van der Waals surface area contributed by atoms with E-state index in [1.54, 1.807) is 11.1 Å². The minimum Gasteiger partial charge on any atom is -0.393 e. The summed E-state index contributed by atoms with van der Waals surface area (Å²) in [6.07, 6.45) is 14.0. The molecule has 4 aliphatic carbocycles. The Morgan fingerprint density at radius 3 is 2.69 bits per heavy atom. The summed E-state index contributed by atoms with van der Waals surface area (Å²) in [6, 6.07) is 0. The largest absolute Gasteiger partial charge is 0.393 e. The van der Waals surface area contributed by atoms with Crippen molar-refractivity contribution in [2.24, 2.45) is 34.5 Å². The summed E-state index contributed by atoms with van der Waals surface area (Å²) in [5.41, 5.74) is 4.97. The highest BCUT2D eigenvalue weighted by molar-refractivity contribution is 5.35. The van der Waals surface area contributed by atoms with Crippen LogP contribution in [0.25, 0.3) is 0 Å². The summed E-state index contributed by atoms with van der Waals surface area (Å²) in [5, 5.41) is 21.3. The number of allylic oxidation sites excluding steroid dienone is 5. The van der Waals surface area contributed by atoms with E-state index in [0.717, 1.165) is 25.7 Å². The average molecular weight is 399 g/mol. The molecule has 29 heavy (non-hydrogen) atoms. The smallest absolute Gasteiger partial charge is 0.0626 e. The molecule has 0 heterocycles. The molecule has 3 fully saturated rings. The summed E-state index contributed by atoms with van der Waals surface area (Å²) in [4.78, 5) is 0. The Labute approximate surface area is 178 Å². The van der Waals surface area contributed by atoms with Crippen molar-refractivity contribution in [1.82, 2.24) is 0 Å². The van der Waals surface area contributed by atoms with Gasteiger partial charge in [0.2, 0.25) is 0 Å². The maximum Gasteiger partial charge on any atom is 0.0626 e. The minimum atomic E-state index is -0.368. The van der Waals surface area contributed by atoms with Gasteiger partial charge in [0.05, 0.1) is 12.2 Å². The highest BCUT2D eigenvalue weighted by atomic mass is 16.3. The zero-order chi connectivity index (χ0) is 21.0. The topological polar surface area (TPSA) is 40.5 Å². The van der Waals surface area contributed by atoms with E-state index >= 15 is 0 Å². The average Bonchev–Trinajstić information content (AvgIpc) is 2.99. The molecule has 7 unspecified atom stereocenters. The van der Waals surface area contributed by atoms with Crippen molar-refractivity contribution in [1.29, 1.82) is 0 Å². The Morgan fingerprint density at radius 1 is 1.21 bits per heavy atom. The van der Waals surface area contributed by atoms with E-state index in [9.17, 15) is 10.2 Å². The van der Waals surface area contributed by atoms with Crippen LogP contribution in [0.15, 0.2) is 35.5 Å². The molecule has 162 valence electrons. The molecular weight excluding hydrogens is 356 g/mol. The Hall–Kier alpha value is -0.860. The van der Waals surface area contributed by atoms with Gasteiger partial charge in [0.25, 0.3) is 0 Å². The summed E-state index contributed by atoms with van der Waals surface area (Å²) < 4.78 is 0. The SMILES string of the molecule is C=C(CCC=C1CCC2C3=CCC4CC(O)CC(O)C4(C)C3CCC12C)C(C)C. The molecule has 3 saturated carbocycles. The number of aliphatic hydroxyl groups is 2. The molecule has 2 nitrogen and oxygen atoms in total. The zero-order valence-electron chi connectivity index (χ0n) is 19.1. The molecular formula is C27H42O2. The van der Waals surface area contributed by atoms with E-state index in [2.05, 4.69) is 46.4 Å². The highest BCUT2D eigenvalue weighted by Gasteiger charge is 2.58. The van der Waals surface area contributed by atoms with Crippen LogP contribution in [0.3, 0.4) is 0 Å². The first-order chi connectivity index (χ1) is 13.7. The van der Waals surface area contributed by atoms with E-state index in [4.69, 9.17) is 0 Å². The second-order valence-electron chi connectivity index (χ2n) is 11.3. The fourth-order valence-electron chi connectivity index (χ4n) is 7.47. The van der Waals surface area contributed by atoms with Crippen LogP contribution < -0.4 is 0 Å². The van der Waals surface area contributed by atoms with Gasteiger partial charge in [-0.25, -0.2) is 0 Å². The van der Waals surface area contributed by atoms with Crippen molar-refractivity contribution in [2.75, 3.05) is 0 Å². The van der Waals surface area contributed by atoms with Crippen molar-refractivity contribution in [2.45, 2.75) is 97.7 Å². The molecule has 0 aromatic carbocycles. The molecule has 0 aliphatic heterocycles. The van der Waals surface area contributed by atoms with Gasteiger partial charge in [0.15, 0.2) is 0 Å². The van der Waals surface area contributed by atoms with Gasteiger partial charge in [-0.3, -0.25) is 0 Å². The first kappa shape index (κ1) is 21.4. The van der Waals surface area contributed by atoms with Crippen LogP contribution in [0.2, 0.25) is 0 Å². The first-order valence-corrected chi connectivity index (χ1v) is 12.1. The molecule has 4 aliphatic rings. The van der Waals surface area contributed by atoms with E-state index < -0.39 is 0 Å². The van der Waals surface area contributed by atoms with Crippen molar-refractivity contribution in [3.8, 4) is 0 Å². The summed E-state index contributed by atoms with van der Waals surface area (Å²) in [6.45, 7) is 13.6. The van der Waals surface area contributed by atoms with Gasteiger partial charge in [0, 0.05) is 5.41 Å². The molecule has 0 aromatic heterocycles. The van der Waals surface area contributed by atoms with Crippen LogP contribution in [-0.2, 0) is 0 Å². The lowest BCUT2D eigenvalue weighted by Crippen LogP contribution is -2.55. The molecule has 0 bridgehead atoms. The Morgan fingerprint density at radius 2 is 1.97 bits per heavy atom. The van der Waals surface area contributed by atoms with Crippen LogP contribution in [-0.4, -0.2) is 22.4 Å². The van der Waals surface area contributed by atoms with Gasteiger partial charge >= 0.3 is 0 Å². The molecule has 7 atom stereocenters. The Balaban J connectivity index is 1.55. The minimum absolute atomic E-state index is 0.0495. The number of fused-ring (bicyclic) bond motifs is 5. The third kappa shape index (κ3) is 3.39. The second-order valence-corrected chi connectivity index (χ2v) is 11.3. The first-order valence-electron chi connectivity index (χ1n) is 12.1. The maximum atomic E-state index is 11.0. The van der Waals surface area contributed by atoms with E-state index in [1.807, 2.05) is 0 Å². The second kappa shape index (κ2) is 7.68. The lowest BCUT2D eigenvalue weighted by atomic mass is 9.47. The van der Waals surface area contributed by atoms with Gasteiger partial charge in [-0.05, 0) is 86.9 Å². The van der Waals surface area contributed by atoms with Crippen LogP contribution in [0.5, 0.6) is 0 Å². The molecule has 0 saturated heterocycles. The number of aliphatic hydroxyl groups excluding tert-OH is 2. The number of hydrogen-bond acceptors (Lipinski definition) is 2. The number of rotatable bonds is 4. The molecule has 0 aromatic rings. The van der Waals surface area contributed by atoms with Gasteiger partial charge in [-0.1, -0.05) is 63.1 Å². The quantitative estimate of drug-likeness (QED) is 0.554. The lowest BCUT2D eigenvalue weighted by molar-refractivity contribution is -0.123. The van der Waals surface area contributed by atoms with Crippen molar-refractivity contribution in [3.63, 3.8) is 0 Å². The Bertz CT molecular complexity index is 716. The van der Waals surface area contributed by atoms with Gasteiger partial charge in [-0.15, -0.1) is 0 Å². The standard InChI is InChI=1S/C27H42O2/c1-17(2)18(3)7-6-8-19-10-12-23-22-11-9-20-15-21(28)16-25(29)27(20,5)24(22)13-14-26(19,23)4/h8,11,17,20-21,23-25,28-29H,3,6-7,9-10,12-16H2,1-2,4-5H3. The predicted octanol–water partition coefficient (Wildman–Crippen LogP) is 6.20. The fourth-order valence-corrected chi connectivity index (χ4v) is 7.47. The van der Waals surface area contributed by atoms with Gasteiger partial charge in [0.1, 0.15) is 0 Å². The lowest BCUT2D eigenvalue weighted by Gasteiger charge is -2.58. The van der Waals surface area contributed by atoms with E-state index in [0.29, 0.717) is 35.5 Å². The van der Waals surface area contributed by atoms with E-state index in [-0.39, 0.29) is 17.6 Å². The molecule has 2 heteroatoms. The monoisotopic (exact) mass is 398 g/mol. The van der Waals surface area contributed by atoms with Crippen molar-refractivity contribution >= 4 is 0 Å². The zero-order valence-corrected chi connectivity index (χ0v) is 19.1. The summed E-state index contributed by atoms with van der Waals surface area (Å²) >= 11 is 0. The van der Waals surface area contributed by atoms with Crippen LogP contribution >= 0.6 is 0 Å². The Kier molecular flexibility index (Phi) is 5.66. The third-order valence-corrected chi connectivity index (χ3v) is 9.67. The fraction of sp³-hybridized carbons (Fsp3) is 0.778. The van der Waals surface area contributed by atoms with Crippen LogP contribution in [0.1, 0.15) is 85.5 Å². The third-order valence-electron chi connectivity index (χ3n) is 9.67. The van der Waals surface area contributed by atoms with Crippen molar-refractivity contribution in [3.05, 3.63) is 35.5 Å². The summed E-state index contributed by atoms with van der Waals surface area (Å²) in [7, 11) is 0. The summed E-state index contributed by atoms with van der Waals surface area (Å²) in [5.74, 6) is 2.16. The normalized spacial score (nSPS) is 45.6. The maximum absolute atomic E-state index is 11.0. The molecule has 0 amide bonds. The van der Waals surface area contributed by atoms with Crippen molar-refractivity contribution < 1.29 is 10.2 Å². The van der Waals surface area contributed by atoms with Gasteiger partial charge in [-0.2, -0.15) is 0 Å². The molecule has 4 rings (SSSR count). The van der Waals surface area contributed by atoms with Crippen LogP contribution in [0, 0.1) is 34.5 Å². The highest BCUT2D eigenvalue weighted by Crippen LogP contribution is 2.65. The van der Waals surface area contributed by atoms with E-state index in [1.165, 1.54) is 31.3 Å². The molecule has 0 radical (unpaired) electrons.